The maximum absolute atomic E-state index is 11.9. The van der Waals surface area contributed by atoms with Crippen LogP contribution in [0.4, 0.5) is 0 Å². The molecule has 0 bridgehead atoms. The summed E-state index contributed by atoms with van der Waals surface area (Å²) < 4.78 is 5.44. The molecule has 1 aromatic carbocycles. The van der Waals surface area contributed by atoms with Gasteiger partial charge in [0.2, 0.25) is 0 Å². The molecule has 1 aromatic rings. The zero-order chi connectivity index (χ0) is 14.9. The van der Waals surface area contributed by atoms with E-state index in [0.29, 0.717) is 11.1 Å². The van der Waals surface area contributed by atoms with Gasteiger partial charge in [-0.3, -0.25) is 4.79 Å². The maximum atomic E-state index is 11.9. The van der Waals surface area contributed by atoms with Gasteiger partial charge in [-0.1, -0.05) is 12.1 Å². The van der Waals surface area contributed by atoms with Crippen molar-refractivity contribution in [1.29, 1.82) is 0 Å². The third kappa shape index (κ3) is 2.75. The van der Waals surface area contributed by atoms with Gasteiger partial charge in [-0.05, 0) is 37.1 Å². The van der Waals surface area contributed by atoms with E-state index in [0.717, 1.165) is 5.56 Å². The molecule has 20 heavy (non-hydrogen) atoms. The summed E-state index contributed by atoms with van der Waals surface area (Å²) in [5.74, 6) is -0.272. The smallest absolute Gasteiger partial charge is 0.189 e. The fourth-order valence-electron chi connectivity index (χ4n) is 2.22. The molecular weight excluding hydrogens is 260 g/mol. The van der Waals surface area contributed by atoms with Crippen LogP contribution in [0.25, 0.3) is 0 Å². The molecule has 0 heterocycles. The zero-order valence-corrected chi connectivity index (χ0v) is 11.4. The first kappa shape index (κ1) is 14.7. The second-order valence-electron chi connectivity index (χ2n) is 5.00. The first-order valence-electron chi connectivity index (χ1n) is 6.39. The summed E-state index contributed by atoms with van der Waals surface area (Å²) >= 11 is 0. The van der Waals surface area contributed by atoms with Gasteiger partial charge in [-0.2, -0.15) is 0 Å². The number of phenolic OH excluding ortho intramolecular Hbond substituents is 1. The molecule has 0 saturated carbocycles. The SMILES string of the molecule is CC1=C[C@@H](O)[C@@H](O)[C@@H](OCc2c(C)cccc2O)C1=O. The lowest BCUT2D eigenvalue weighted by Crippen LogP contribution is -2.47. The number of hydrogen-bond donors (Lipinski definition) is 3. The van der Waals surface area contributed by atoms with E-state index in [1.807, 2.05) is 13.0 Å². The van der Waals surface area contributed by atoms with Crippen molar-refractivity contribution in [2.75, 3.05) is 0 Å². The van der Waals surface area contributed by atoms with Crippen LogP contribution in [0.2, 0.25) is 0 Å². The van der Waals surface area contributed by atoms with E-state index in [9.17, 15) is 20.1 Å². The number of ketones is 1. The minimum atomic E-state index is -1.29. The minimum absolute atomic E-state index is 0.00796. The van der Waals surface area contributed by atoms with Gasteiger partial charge in [0.05, 0.1) is 6.61 Å². The predicted molar refractivity (Wildman–Crippen MR) is 72.2 cm³/mol. The summed E-state index contributed by atoms with van der Waals surface area (Å²) in [6.45, 7) is 3.38. The predicted octanol–water partition coefficient (Wildman–Crippen LogP) is 0.837. The first-order chi connectivity index (χ1) is 9.41. The Labute approximate surface area is 117 Å². The number of aryl methyl sites for hydroxylation is 1. The van der Waals surface area contributed by atoms with Crippen LogP contribution in [0.3, 0.4) is 0 Å². The molecule has 1 aliphatic rings. The van der Waals surface area contributed by atoms with E-state index in [4.69, 9.17) is 4.74 Å². The Morgan fingerprint density at radius 2 is 1.95 bits per heavy atom. The van der Waals surface area contributed by atoms with Crippen molar-refractivity contribution in [3.05, 3.63) is 41.0 Å². The van der Waals surface area contributed by atoms with E-state index < -0.39 is 18.3 Å². The number of carbonyl (C=O) groups excluding carboxylic acids is 1. The van der Waals surface area contributed by atoms with Gasteiger partial charge in [0, 0.05) is 5.56 Å². The highest BCUT2D eigenvalue weighted by molar-refractivity contribution is 5.99. The lowest BCUT2D eigenvalue weighted by atomic mass is 9.91. The molecule has 0 spiro atoms. The van der Waals surface area contributed by atoms with Crippen molar-refractivity contribution in [3.8, 4) is 5.75 Å². The lowest BCUT2D eigenvalue weighted by Gasteiger charge is -2.29. The number of ether oxygens (including phenoxy) is 1. The van der Waals surface area contributed by atoms with E-state index in [2.05, 4.69) is 0 Å². The Hall–Kier alpha value is -1.69. The van der Waals surface area contributed by atoms with E-state index in [1.54, 1.807) is 13.0 Å². The molecular formula is C15H18O5. The molecule has 3 atom stereocenters. The standard InChI is InChI=1S/C15H18O5/c1-8-4-3-5-11(16)10(8)7-20-15-13(18)9(2)6-12(17)14(15)19/h3-6,12,14-17,19H,7H2,1-2H3/t12-,14-,15+/m1/s1. The van der Waals surface area contributed by atoms with Crippen LogP contribution >= 0.6 is 0 Å². The van der Waals surface area contributed by atoms with Gasteiger partial charge in [0.15, 0.2) is 5.78 Å². The normalized spacial score (nSPS) is 26.5. The number of benzene rings is 1. The van der Waals surface area contributed by atoms with Gasteiger partial charge in [0.25, 0.3) is 0 Å². The molecule has 2 rings (SSSR count). The van der Waals surface area contributed by atoms with Crippen LogP contribution in [-0.2, 0) is 16.1 Å². The highest BCUT2D eigenvalue weighted by atomic mass is 16.5. The fraction of sp³-hybridized carbons (Fsp3) is 0.400. The largest absolute Gasteiger partial charge is 0.508 e. The van der Waals surface area contributed by atoms with Crippen LogP contribution < -0.4 is 0 Å². The van der Waals surface area contributed by atoms with Gasteiger partial charge in [-0.15, -0.1) is 0 Å². The second kappa shape index (κ2) is 5.75. The molecule has 5 nitrogen and oxygen atoms in total. The topological polar surface area (TPSA) is 87.0 Å². The van der Waals surface area contributed by atoms with E-state index >= 15 is 0 Å². The number of aromatic hydroxyl groups is 1. The Bertz CT molecular complexity index is 529. The number of aliphatic hydroxyl groups is 2. The van der Waals surface area contributed by atoms with Gasteiger partial charge >= 0.3 is 0 Å². The summed E-state index contributed by atoms with van der Waals surface area (Å²) in [6.07, 6.45) is -2.22. The van der Waals surface area contributed by atoms with Gasteiger partial charge in [-0.25, -0.2) is 0 Å². The van der Waals surface area contributed by atoms with E-state index in [-0.39, 0.29) is 18.1 Å². The number of rotatable bonds is 3. The Morgan fingerprint density at radius 3 is 2.60 bits per heavy atom. The molecule has 0 aromatic heterocycles. The van der Waals surface area contributed by atoms with Crippen molar-refractivity contribution < 1.29 is 24.9 Å². The molecule has 0 unspecified atom stereocenters. The maximum Gasteiger partial charge on any atom is 0.189 e. The average Bonchev–Trinajstić information content (AvgIpc) is 2.39. The highest BCUT2D eigenvalue weighted by Gasteiger charge is 2.37. The molecule has 5 heteroatoms. The molecule has 108 valence electrons. The molecule has 0 aliphatic heterocycles. The summed E-state index contributed by atoms with van der Waals surface area (Å²) in [6, 6.07) is 5.06. The number of hydrogen-bond acceptors (Lipinski definition) is 5. The minimum Gasteiger partial charge on any atom is -0.508 e. The molecule has 3 N–H and O–H groups in total. The summed E-state index contributed by atoms with van der Waals surface area (Å²) in [4.78, 5) is 11.9. The Morgan fingerprint density at radius 1 is 1.25 bits per heavy atom. The zero-order valence-electron chi connectivity index (χ0n) is 11.4. The van der Waals surface area contributed by atoms with Crippen molar-refractivity contribution in [2.45, 2.75) is 38.8 Å². The second-order valence-corrected chi connectivity index (χ2v) is 5.00. The van der Waals surface area contributed by atoms with Crippen LogP contribution in [0, 0.1) is 6.92 Å². The van der Waals surface area contributed by atoms with Crippen LogP contribution in [-0.4, -0.2) is 39.4 Å². The Kier molecular flexibility index (Phi) is 4.23. The van der Waals surface area contributed by atoms with Crippen molar-refractivity contribution in [2.24, 2.45) is 0 Å². The van der Waals surface area contributed by atoms with Crippen LogP contribution in [0.15, 0.2) is 29.8 Å². The van der Waals surface area contributed by atoms with Crippen molar-refractivity contribution in [1.82, 2.24) is 0 Å². The van der Waals surface area contributed by atoms with Gasteiger partial charge < -0.3 is 20.1 Å². The van der Waals surface area contributed by atoms with Crippen molar-refractivity contribution in [3.63, 3.8) is 0 Å². The monoisotopic (exact) mass is 278 g/mol. The summed E-state index contributed by atoms with van der Waals surface area (Å²) in [5.41, 5.74) is 1.76. The lowest BCUT2D eigenvalue weighted by molar-refractivity contribution is -0.144. The molecule has 0 saturated heterocycles. The summed E-state index contributed by atoms with van der Waals surface area (Å²) in [7, 11) is 0. The fourth-order valence-corrected chi connectivity index (χ4v) is 2.22. The van der Waals surface area contributed by atoms with E-state index in [1.165, 1.54) is 12.1 Å². The van der Waals surface area contributed by atoms with Gasteiger partial charge in [0.1, 0.15) is 24.1 Å². The molecule has 1 aliphatic carbocycles. The number of aliphatic hydroxyl groups excluding tert-OH is 2. The number of phenols is 1. The molecule has 0 amide bonds. The molecule has 0 fully saturated rings. The summed E-state index contributed by atoms with van der Waals surface area (Å²) in [5, 5.41) is 29.2. The molecule has 0 radical (unpaired) electrons. The number of carbonyl (C=O) groups is 1. The Balaban J connectivity index is 2.14. The first-order valence-corrected chi connectivity index (χ1v) is 6.39. The van der Waals surface area contributed by atoms with Crippen molar-refractivity contribution >= 4 is 5.78 Å². The highest BCUT2D eigenvalue weighted by Crippen LogP contribution is 2.24. The van der Waals surface area contributed by atoms with Crippen LogP contribution in [0.5, 0.6) is 5.75 Å². The van der Waals surface area contributed by atoms with Crippen LogP contribution in [0.1, 0.15) is 18.1 Å². The number of Topliss-reactive ketones (excluding diaryl/α,β-unsaturated/α-hetero) is 1. The average molecular weight is 278 g/mol. The quantitative estimate of drug-likeness (QED) is 0.762. The third-order valence-electron chi connectivity index (χ3n) is 3.52. The third-order valence-corrected chi connectivity index (χ3v) is 3.52.